The molecular weight excluding hydrogens is 203 g/mol. The first-order chi connectivity index (χ1) is 6.38. The maximum atomic E-state index is 11.6. The molecule has 14 heavy (non-hydrogen) atoms. The summed E-state index contributed by atoms with van der Waals surface area (Å²) < 4.78 is 34.7. The fraction of sp³-hybridized carbons (Fsp3) is 0.667. The minimum absolute atomic E-state index is 0.0855. The van der Waals surface area contributed by atoms with Gasteiger partial charge < -0.3 is 16.4 Å². The Kier molecular flexibility index (Phi) is 4.92. The Hall–Kier alpha value is -1.31. The number of rotatable bonds is 4. The van der Waals surface area contributed by atoms with Gasteiger partial charge in [0, 0.05) is 13.1 Å². The van der Waals surface area contributed by atoms with Gasteiger partial charge in [0.15, 0.2) is 0 Å². The normalized spacial score (nSPS) is 10.9. The second-order valence-electron chi connectivity index (χ2n) is 2.31. The van der Waals surface area contributed by atoms with Gasteiger partial charge in [0.2, 0.25) is 5.91 Å². The lowest BCUT2D eigenvalue weighted by atomic mass is 10.5. The number of carbonyl (C=O) groups excluding carboxylic acids is 2. The molecule has 0 aliphatic carbocycles. The number of hydrogen-bond acceptors (Lipinski definition) is 3. The fourth-order valence-corrected chi connectivity index (χ4v) is 0.550. The predicted molar refractivity (Wildman–Crippen MR) is 41.1 cm³/mol. The van der Waals surface area contributed by atoms with Crippen LogP contribution in [0.4, 0.5) is 13.2 Å². The summed E-state index contributed by atoms with van der Waals surface area (Å²) in [5.74, 6) is -2.52. The molecule has 0 aromatic heterocycles. The monoisotopic (exact) mass is 213 g/mol. The zero-order valence-corrected chi connectivity index (χ0v) is 7.15. The molecule has 2 amide bonds. The summed E-state index contributed by atoms with van der Waals surface area (Å²) in [7, 11) is 0. The van der Waals surface area contributed by atoms with Crippen LogP contribution < -0.4 is 16.4 Å². The zero-order valence-electron chi connectivity index (χ0n) is 7.15. The van der Waals surface area contributed by atoms with Gasteiger partial charge in [-0.05, 0) is 0 Å². The molecule has 82 valence electrons. The van der Waals surface area contributed by atoms with Crippen LogP contribution >= 0.6 is 0 Å². The quantitative estimate of drug-likeness (QED) is 0.509. The molecule has 0 heterocycles. The Morgan fingerprint density at radius 3 is 2.07 bits per heavy atom. The van der Waals surface area contributed by atoms with Gasteiger partial charge in [-0.1, -0.05) is 0 Å². The Morgan fingerprint density at radius 2 is 1.64 bits per heavy atom. The zero-order chi connectivity index (χ0) is 11.2. The van der Waals surface area contributed by atoms with E-state index in [1.165, 1.54) is 0 Å². The van der Waals surface area contributed by atoms with E-state index in [4.69, 9.17) is 5.73 Å². The van der Waals surface area contributed by atoms with Gasteiger partial charge >= 0.3 is 12.1 Å². The Bertz CT molecular complexity index is 217. The SMILES string of the molecule is NCC(=O)NCCNC(=O)C(F)(F)F. The molecule has 0 rings (SSSR count). The summed E-state index contributed by atoms with van der Waals surface area (Å²) in [4.78, 5) is 20.7. The molecule has 0 fully saturated rings. The fourth-order valence-electron chi connectivity index (χ4n) is 0.550. The lowest BCUT2D eigenvalue weighted by Crippen LogP contribution is -2.42. The van der Waals surface area contributed by atoms with Gasteiger partial charge in [0.05, 0.1) is 6.54 Å². The lowest BCUT2D eigenvalue weighted by molar-refractivity contribution is -0.173. The number of halogens is 3. The van der Waals surface area contributed by atoms with Crippen LogP contribution in [-0.2, 0) is 9.59 Å². The first-order valence-corrected chi connectivity index (χ1v) is 3.69. The topological polar surface area (TPSA) is 84.2 Å². The van der Waals surface area contributed by atoms with Crippen LogP contribution in [0.5, 0.6) is 0 Å². The van der Waals surface area contributed by atoms with E-state index in [9.17, 15) is 22.8 Å². The number of hydrogen-bond donors (Lipinski definition) is 3. The molecule has 0 radical (unpaired) electrons. The van der Waals surface area contributed by atoms with Crippen molar-refractivity contribution in [1.82, 2.24) is 10.6 Å². The van der Waals surface area contributed by atoms with Crippen molar-refractivity contribution in [3.05, 3.63) is 0 Å². The molecule has 0 spiro atoms. The van der Waals surface area contributed by atoms with Crippen molar-refractivity contribution in [2.45, 2.75) is 6.18 Å². The van der Waals surface area contributed by atoms with E-state index in [-0.39, 0.29) is 19.6 Å². The van der Waals surface area contributed by atoms with E-state index >= 15 is 0 Å². The van der Waals surface area contributed by atoms with Gasteiger partial charge in [-0.25, -0.2) is 0 Å². The average Bonchev–Trinajstić information content (AvgIpc) is 2.09. The average molecular weight is 213 g/mol. The van der Waals surface area contributed by atoms with Gasteiger partial charge in [0.25, 0.3) is 0 Å². The molecule has 0 saturated heterocycles. The Balaban J connectivity index is 3.56. The highest BCUT2D eigenvalue weighted by Crippen LogP contribution is 2.13. The second kappa shape index (κ2) is 5.43. The van der Waals surface area contributed by atoms with E-state index in [1.807, 2.05) is 0 Å². The highest BCUT2D eigenvalue weighted by molar-refractivity contribution is 5.81. The molecule has 5 nitrogen and oxygen atoms in total. The lowest BCUT2D eigenvalue weighted by Gasteiger charge is -2.07. The smallest absolute Gasteiger partial charge is 0.353 e. The standard InChI is InChI=1S/C6H10F3N3O2/c7-6(8,9)5(14)12-2-1-11-4(13)3-10/h1-3,10H2,(H,11,13)(H,12,14). The number of nitrogens with two attached hydrogens (primary N) is 1. The number of carbonyl (C=O) groups is 2. The Labute approximate surface area is 77.8 Å². The molecule has 0 aromatic rings. The van der Waals surface area contributed by atoms with Crippen LogP contribution in [0, 0.1) is 0 Å². The third kappa shape index (κ3) is 5.36. The van der Waals surface area contributed by atoms with Crippen LogP contribution in [0.25, 0.3) is 0 Å². The summed E-state index contributed by atoms with van der Waals surface area (Å²) in [5, 5.41) is 3.78. The Morgan fingerprint density at radius 1 is 1.14 bits per heavy atom. The summed E-state index contributed by atoms with van der Waals surface area (Å²) >= 11 is 0. The highest BCUT2D eigenvalue weighted by Gasteiger charge is 2.38. The molecule has 0 atom stereocenters. The van der Waals surface area contributed by atoms with Crippen molar-refractivity contribution < 1.29 is 22.8 Å². The predicted octanol–water partition coefficient (Wildman–Crippen LogP) is -1.26. The molecule has 4 N–H and O–H groups in total. The molecule has 0 aliphatic heterocycles. The van der Waals surface area contributed by atoms with E-state index in [1.54, 1.807) is 5.32 Å². The summed E-state index contributed by atoms with van der Waals surface area (Å²) in [6, 6.07) is 0. The second-order valence-corrected chi connectivity index (χ2v) is 2.31. The van der Waals surface area contributed by atoms with E-state index in [0.717, 1.165) is 0 Å². The third-order valence-corrected chi connectivity index (χ3v) is 1.18. The van der Waals surface area contributed by atoms with Crippen molar-refractivity contribution >= 4 is 11.8 Å². The van der Waals surface area contributed by atoms with Gasteiger partial charge in [0.1, 0.15) is 0 Å². The van der Waals surface area contributed by atoms with Gasteiger partial charge in [-0.2, -0.15) is 13.2 Å². The molecule has 8 heteroatoms. The molecule has 0 aromatic carbocycles. The van der Waals surface area contributed by atoms with Crippen molar-refractivity contribution in [3.8, 4) is 0 Å². The van der Waals surface area contributed by atoms with Crippen molar-refractivity contribution in [1.29, 1.82) is 0 Å². The van der Waals surface area contributed by atoms with Crippen LogP contribution in [0.3, 0.4) is 0 Å². The summed E-state index contributed by atoms with van der Waals surface area (Å²) in [5.41, 5.74) is 4.90. The van der Waals surface area contributed by atoms with Crippen LogP contribution in [-0.4, -0.2) is 37.6 Å². The van der Waals surface area contributed by atoms with Crippen LogP contribution in [0.2, 0.25) is 0 Å². The van der Waals surface area contributed by atoms with Gasteiger partial charge in [-0.15, -0.1) is 0 Å². The van der Waals surface area contributed by atoms with Crippen LogP contribution in [0.1, 0.15) is 0 Å². The maximum absolute atomic E-state index is 11.6. The van der Waals surface area contributed by atoms with Crippen molar-refractivity contribution in [3.63, 3.8) is 0 Å². The third-order valence-electron chi connectivity index (χ3n) is 1.18. The van der Waals surface area contributed by atoms with E-state index in [0.29, 0.717) is 0 Å². The number of amides is 2. The number of alkyl halides is 3. The molecular formula is C6H10F3N3O2. The molecule has 0 saturated carbocycles. The van der Waals surface area contributed by atoms with E-state index in [2.05, 4.69) is 5.32 Å². The van der Waals surface area contributed by atoms with E-state index < -0.39 is 18.0 Å². The minimum atomic E-state index is -4.89. The largest absolute Gasteiger partial charge is 0.471 e. The highest BCUT2D eigenvalue weighted by atomic mass is 19.4. The summed E-state index contributed by atoms with van der Waals surface area (Å²) in [6.07, 6.45) is -4.89. The first kappa shape index (κ1) is 12.7. The molecule has 0 aliphatic rings. The number of nitrogens with one attached hydrogen (secondary N) is 2. The molecule has 0 bridgehead atoms. The summed E-state index contributed by atoms with van der Waals surface area (Å²) in [6.45, 7) is -0.616. The molecule has 0 unspecified atom stereocenters. The maximum Gasteiger partial charge on any atom is 0.471 e. The van der Waals surface area contributed by atoms with Crippen molar-refractivity contribution in [2.24, 2.45) is 5.73 Å². The van der Waals surface area contributed by atoms with Crippen molar-refractivity contribution in [2.75, 3.05) is 19.6 Å². The van der Waals surface area contributed by atoms with Gasteiger partial charge in [-0.3, -0.25) is 9.59 Å². The first-order valence-electron chi connectivity index (χ1n) is 3.69. The minimum Gasteiger partial charge on any atom is -0.353 e. The van der Waals surface area contributed by atoms with Crippen LogP contribution in [0.15, 0.2) is 0 Å².